The molecule has 8 heteroatoms. The second-order valence-corrected chi connectivity index (χ2v) is 5.31. The third-order valence-electron chi connectivity index (χ3n) is 2.80. The van der Waals surface area contributed by atoms with Gasteiger partial charge in [0.1, 0.15) is 16.6 Å². The second-order valence-electron chi connectivity index (χ2n) is 4.51. The largest absolute Gasteiger partial charge is 0.495 e. The topological polar surface area (TPSA) is 80.3 Å². The lowest BCUT2D eigenvalue weighted by Crippen LogP contribution is -2.15. The van der Waals surface area contributed by atoms with E-state index in [1.807, 2.05) is 0 Å². The number of methoxy groups -OCH3 is 1. The van der Waals surface area contributed by atoms with Gasteiger partial charge in [0.15, 0.2) is 0 Å². The Morgan fingerprint density at radius 2 is 1.87 bits per heavy atom. The molecule has 0 bridgehead atoms. The van der Waals surface area contributed by atoms with Gasteiger partial charge in [0, 0.05) is 12.6 Å². The summed E-state index contributed by atoms with van der Waals surface area (Å²) in [6.07, 6.45) is 0. The average Bonchev–Trinajstić information content (AvgIpc) is 2.49. The molecule has 0 spiro atoms. The quantitative estimate of drug-likeness (QED) is 0.822. The van der Waals surface area contributed by atoms with E-state index in [0.29, 0.717) is 17.1 Å². The number of hydrogen-bond donors (Lipinski definition) is 2. The summed E-state index contributed by atoms with van der Waals surface area (Å²) >= 11 is 11.7. The number of carbonyl (C=O) groups is 2. The van der Waals surface area contributed by atoms with Crippen molar-refractivity contribution in [3.8, 4) is 5.75 Å². The molecule has 2 aromatic rings. The van der Waals surface area contributed by atoms with Crippen LogP contribution in [-0.2, 0) is 4.79 Å². The predicted molar refractivity (Wildman–Crippen MR) is 89.5 cm³/mol. The molecule has 0 aliphatic heterocycles. The van der Waals surface area contributed by atoms with Crippen LogP contribution in [0.4, 0.5) is 11.4 Å². The van der Waals surface area contributed by atoms with Gasteiger partial charge in [0.2, 0.25) is 5.91 Å². The van der Waals surface area contributed by atoms with Crippen molar-refractivity contribution in [2.24, 2.45) is 0 Å². The number of rotatable bonds is 4. The fourth-order valence-corrected chi connectivity index (χ4v) is 2.18. The van der Waals surface area contributed by atoms with E-state index in [9.17, 15) is 9.59 Å². The van der Waals surface area contributed by atoms with Crippen molar-refractivity contribution in [2.45, 2.75) is 6.92 Å². The Labute approximate surface area is 142 Å². The molecule has 0 saturated heterocycles. The number of carbonyl (C=O) groups excluding carboxylic acids is 2. The molecule has 1 aromatic heterocycles. The van der Waals surface area contributed by atoms with Crippen LogP contribution in [0.15, 0.2) is 30.3 Å². The zero-order valence-electron chi connectivity index (χ0n) is 12.3. The van der Waals surface area contributed by atoms with E-state index in [-0.39, 0.29) is 21.8 Å². The average molecular weight is 354 g/mol. The fraction of sp³-hybridized carbons (Fsp3) is 0.133. The van der Waals surface area contributed by atoms with Gasteiger partial charge < -0.3 is 15.4 Å². The molecule has 6 nitrogen and oxygen atoms in total. The SMILES string of the molecule is COc1ccc(NC(C)=O)cc1NC(=O)c1nc(Cl)ccc1Cl. The van der Waals surface area contributed by atoms with Crippen LogP contribution in [0.5, 0.6) is 5.75 Å². The van der Waals surface area contributed by atoms with Gasteiger partial charge in [0.05, 0.1) is 17.8 Å². The smallest absolute Gasteiger partial charge is 0.275 e. The van der Waals surface area contributed by atoms with Gasteiger partial charge in [-0.1, -0.05) is 23.2 Å². The van der Waals surface area contributed by atoms with Crippen LogP contribution in [0.1, 0.15) is 17.4 Å². The van der Waals surface area contributed by atoms with Crippen LogP contribution >= 0.6 is 23.2 Å². The minimum atomic E-state index is -0.546. The molecule has 0 atom stereocenters. The molecular weight excluding hydrogens is 341 g/mol. The summed E-state index contributed by atoms with van der Waals surface area (Å²) in [6.45, 7) is 1.39. The lowest BCUT2D eigenvalue weighted by atomic mass is 10.2. The maximum absolute atomic E-state index is 12.3. The van der Waals surface area contributed by atoms with Crippen LogP contribution in [0.2, 0.25) is 10.2 Å². The molecule has 2 amide bonds. The molecule has 0 saturated carbocycles. The number of benzene rings is 1. The molecule has 23 heavy (non-hydrogen) atoms. The van der Waals surface area contributed by atoms with Crippen molar-refractivity contribution in [3.05, 3.63) is 46.2 Å². The van der Waals surface area contributed by atoms with Gasteiger partial charge in [-0.15, -0.1) is 0 Å². The number of amides is 2. The number of aromatic nitrogens is 1. The molecule has 120 valence electrons. The summed E-state index contributed by atoms with van der Waals surface area (Å²) in [5.41, 5.74) is 0.867. The normalized spacial score (nSPS) is 10.1. The molecule has 1 aromatic carbocycles. The highest BCUT2D eigenvalue weighted by molar-refractivity contribution is 6.35. The fourth-order valence-electron chi connectivity index (χ4n) is 1.85. The lowest BCUT2D eigenvalue weighted by molar-refractivity contribution is -0.114. The van der Waals surface area contributed by atoms with E-state index in [2.05, 4.69) is 15.6 Å². The first-order valence-electron chi connectivity index (χ1n) is 6.49. The number of pyridine rings is 1. The lowest BCUT2D eigenvalue weighted by Gasteiger charge is -2.12. The Kier molecular flexibility index (Phi) is 5.41. The van der Waals surface area contributed by atoms with Crippen molar-refractivity contribution in [2.75, 3.05) is 17.7 Å². The molecule has 0 aliphatic rings. The maximum Gasteiger partial charge on any atom is 0.275 e. The summed E-state index contributed by atoms with van der Waals surface area (Å²) < 4.78 is 5.19. The van der Waals surface area contributed by atoms with Gasteiger partial charge in [-0.25, -0.2) is 4.98 Å². The summed E-state index contributed by atoms with van der Waals surface area (Å²) in [5, 5.41) is 5.58. The standard InChI is InChI=1S/C15H13Cl2N3O3/c1-8(21)18-9-3-5-12(23-2)11(7-9)19-15(22)14-10(16)4-6-13(17)20-14/h3-7H,1-2H3,(H,18,21)(H,19,22). The second kappa shape index (κ2) is 7.30. The van der Waals surface area contributed by atoms with E-state index in [1.165, 1.54) is 26.2 Å². The summed E-state index contributed by atoms with van der Waals surface area (Å²) in [6, 6.07) is 7.81. The van der Waals surface area contributed by atoms with Crippen LogP contribution in [0.3, 0.4) is 0 Å². The first kappa shape index (κ1) is 17.1. The van der Waals surface area contributed by atoms with Crippen LogP contribution in [-0.4, -0.2) is 23.9 Å². The number of anilines is 2. The zero-order chi connectivity index (χ0) is 17.0. The van der Waals surface area contributed by atoms with E-state index in [0.717, 1.165) is 0 Å². The van der Waals surface area contributed by atoms with E-state index < -0.39 is 5.91 Å². The van der Waals surface area contributed by atoms with Crippen molar-refractivity contribution in [1.82, 2.24) is 4.98 Å². The molecule has 2 N–H and O–H groups in total. The highest BCUT2D eigenvalue weighted by Gasteiger charge is 2.16. The summed E-state index contributed by atoms with van der Waals surface area (Å²) in [5.74, 6) is -0.353. The number of nitrogens with one attached hydrogen (secondary N) is 2. The Morgan fingerprint density at radius 1 is 1.13 bits per heavy atom. The number of nitrogens with zero attached hydrogens (tertiary/aromatic N) is 1. The minimum absolute atomic E-state index is 0.00819. The van der Waals surface area contributed by atoms with Gasteiger partial charge in [-0.05, 0) is 30.3 Å². The first-order chi connectivity index (χ1) is 10.9. The molecule has 0 radical (unpaired) electrons. The first-order valence-corrected chi connectivity index (χ1v) is 7.25. The number of hydrogen-bond acceptors (Lipinski definition) is 4. The van der Waals surface area contributed by atoms with E-state index in [4.69, 9.17) is 27.9 Å². The van der Waals surface area contributed by atoms with Gasteiger partial charge in [-0.3, -0.25) is 9.59 Å². The third-order valence-corrected chi connectivity index (χ3v) is 3.31. The number of ether oxygens (including phenoxy) is 1. The van der Waals surface area contributed by atoms with Gasteiger partial charge >= 0.3 is 0 Å². The Bertz CT molecular complexity index is 766. The van der Waals surface area contributed by atoms with Crippen LogP contribution in [0, 0.1) is 0 Å². The van der Waals surface area contributed by atoms with E-state index >= 15 is 0 Å². The van der Waals surface area contributed by atoms with Crippen molar-refractivity contribution in [3.63, 3.8) is 0 Å². The van der Waals surface area contributed by atoms with Crippen LogP contribution < -0.4 is 15.4 Å². The Hall–Kier alpha value is -2.31. The number of halogens is 2. The molecule has 1 heterocycles. The van der Waals surface area contributed by atoms with Gasteiger partial charge in [-0.2, -0.15) is 0 Å². The highest BCUT2D eigenvalue weighted by Crippen LogP contribution is 2.29. The maximum atomic E-state index is 12.3. The Balaban J connectivity index is 2.32. The molecule has 0 fully saturated rings. The summed E-state index contributed by atoms with van der Waals surface area (Å²) in [4.78, 5) is 27.4. The summed E-state index contributed by atoms with van der Waals surface area (Å²) in [7, 11) is 1.47. The molecular formula is C15H13Cl2N3O3. The minimum Gasteiger partial charge on any atom is -0.495 e. The van der Waals surface area contributed by atoms with E-state index in [1.54, 1.807) is 18.2 Å². The van der Waals surface area contributed by atoms with Crippen molar-refractivity contribution >= 4 is 46.4 Å². The zero-order valence-corrected chi connectivity index (χ0v) is 13.8. The van der Waals surface area contributed by atoms with Crippen LogP contribution in [0.25, 0.3) is 0 Å². The molecule has 2 rings (SSSR count). The Morgan fingerprint density at radius 3 is 2.52 bits per heavy atom. The van der Waals surface area contributed by atoms with Crippen molar-refractivity contribution in [1.29, 1.82) is 0 Å². The molecule has 0 aliphatic carbocycles. The third kappa shape index (κ3) is 4.34. The molecule has 0 unspecified atom stereocenters. The van der Waals surface area contributed by atoms with Crippen molar-refractivity contribution < 1.29 is 14.3 Å². The predicted octanol–water partition coefficient (Wildman–Crippen LogP) is 3.61. The highest BCUT2D eigenvalue weighted by atomic mass is 35.5. The van der Waals surface area contributed by atoms with Gasteiger partial charge in [0.25, 0.3) is 5.91 Å². The monoisotopic (exact) mass is 353 g/mol.